The van der Waals surface area contributed by atoms with E-state index in [0.717, 1.165) is 43.9 Å². The van der Waals surface area contributed by atoms with Gasteiger partial charge in [0.2, 0.25) is 0 Å². The first-order valence-corrected chi connectivity index (χ1v) is 11.0. The van der Waals surface area contributed by atoms with E-state index in [-0.39, 0.29) is 24.0 Å². The third kappa shape index (κ3) is 9.31. The highest BCUT2D eigenvalue weighted by molar-refractivity contribution is 14.0. The Kier molecular flexibility index (Phi) is 13.7. The molecule has 160 valence electrons. The molecule has 0 aromatic rings. The Labute approximate surface area is 184 Å². The highest BCUT2D eigenvalue weighted by Gasteiger charge is 2.25. The molecule has 1 aliphatic heterocycles. The van der Waals surface area contributed by atoms with E-state index in [2.05, 4.69) is 34.4 Å². The maximum Gasteiger partial charge on any atom is 0.190 e. The number of aliphatic imine (C=N–C) groups is 1. The van der Waals surface area contributed by atoms with Crippen molar-refractivity contribution in [1.82, 2.24) is 15.5 Å². The van der Waals surface area contributed by atoms with Crippen molar-refractivity contribution in [1.29, 1.82) is 0 Å². The van der Waals surface area contributed by atoms with Gasteiger partial charge in [-0.3, -0.25) is 4.99 Å². The Bertz CT molecular complexity index is 394. The summed E-state index contributed by atoms with van der Waals surface area (Å²) in [5.74, 6) is 2.58. The number of hydrogen-bond acceptors (Lipinski definition) is 3. The fourth-order valence-corrected chi connectivity index (χ4v) is 4.54. The molecule has 0 amide bonds. The first-order valence-electron chi connectivity index (χ1n) is 11.0. The summed E-state index contributed by atoms with van der Waals surface area (Å²) in [4.78, 5) is 6.94. The molecule has 2 N–H and O–H groups in total. The van der Waals surface area contributed by atoms with Gasteiger partial charge in [0.1, 0.15) is 0 Å². The molecule has 1 heterocycles. The average molecular weight is 495 g/mol. The molecule has 2 aliphatic rings. The molecule has 6 heteroatoms. The van der Waals surface area contributed by atoms with E-state index in [1.807, 2.05) is 7.05 Å². The van der Waals surface area contributed by atoms with E-state index in [1.165, 1.54) is 64.6 Å². The van der Waals surface area contributed by atoms with Gasteiger partial charge in [0.15, 0.2) is 5.96 Å². The Balaban J connectivity index is 0.00000364. The Hall–Kier alpha value is -0.0800. The molecule has 0 aromatic heterocycles. The van der Waals surface area contributed by atoms with Crippen molar-refractivity contribution in [2.75, 3.05) is 46.4 Å². The molecule has 0 radical (unpaired) electrons. The van der Waals surface area contributed by atoms with Crippen molar-refractivity contribution < 1.29 is 4.74 Å². The quantitative estimate of drug-likeness (QED) is 0.275. The number of nitrogens with one attached hydrogen (secondary N) is 2. The summed E-state index contributed by atoms with van der Waals surface area (Å²) in [6.45, 7) is 10.9. The lowest BCUT2D eigenvalue weighted by molar-refractivity contribution is 0.0169. The van der Waals surface area contributed by atoms with Gasteiger partial charge < -0.3 is 20.3 Å². The summed E-state index contributed by atoms with van der Waals surface area (Å²) >= 11 is 0. The van der Waals surface area contributed by atoms with E-state index in [9.17, 15) is 0 Å². The third-order valence-electron chi connectivity index (χ3n) is 6.25. The van der Waals surface area contributed by atoms with Gasteiger partial charge in [0.25, 0.3) is 0 Å². The normalized spacial score (nSPS) is 21.1. The van der Waals surface area contributed by atoms with Gasteiger partial charge in [-0.25, -0.2) is 0 Å². The van der Waals surface area contributed by atoms with Crippen LogP contribution in [0.5, 0.6) is 0 Å². The largest absolute Gasteiger partial charge is 0.378 e. The first-order chi connectivity index (χ1) is 12.8. The molecule has 1 aliphatic carbocycles. The molecule has 5 nitrogen and oxygen atoms in total. The van der Waals surface area contributed by atoms with Crippen LogP contribution in [0.15, 0.2) is 4.99 Å². The second kappa shape index (κ2) is 14.9. The summed E-state index contributed by atoms with van der Waals surface area (Å²) in [5.41, 5.74) is 0. The number of guanidine groups is 1. The molecule has 2 fully saturated rings. The van der Waals surface area contributed by atoms with Crippen LogP contribution in [0, 0.1) is 11.8 Å². The molecule has 1 saturated heterocycles. The Morgan fingerprint density at radius 1 is 1.07 bits per heavy atom. The van der Waals surface area contributed by atoms with Crippen molar-refractivity contribution >= 4 is 29.9 Å². The molecule has 1 saturated carbocycles. The third-order valence-corrected chi connectivity index (χ3v) is 6.25. The fourth-order valence-electron chi connectivity index (χ4n) is 4.54. The summed E-state index contributed by atoms with van der Waals surface area (Å²) in [6.07, 6.45) is 10.9. The molecular weight excluding hydrogens is 451 g/mol. The van der Waals surface area contributed by atoms with Crippen molar-refractivity contribution in [3.05, 3.63) is 0 Å². The number of rotatable bonds is 10. The average Bonchev–Trinajstić information content (AvgIpc) is 3.21. The van der Waals surface area contributed by atoms with Gasteiger partial charge in [-0.05, 0) is 76.9 Å². The van der Waals surface area contributed by atoms with Crippen LogP contribution in [0.25, 0.3) is 0 Å². The number of nitrogens with zero attached hydrogens (tertiary/aromatic N) is 2. The van der Waals surface area contributed by atoms with Gasteiger partial charge in [0.05, 0.1) is 6.10 Å². The zero-order chi connectivity index (χ0) is 18.6. The van der Waals surface area contributed by atoms with E-state index in [1.54, 1.807) is 0 Å². The maximum absolute atomic E-state index is 6.02. The Morgan fingerprint density at radius 3 is 2.33 bits per heavy atom. The summed E-state index contributed by atoms with van der Waals surface area (Å²) in [6, 6.07) is 0. The maximum atomic E-state index is 6.02. The topological polar surface area (TPSA) is 48.9 Å². The van der Waals surface area contributed by atoms with Gasteiger partial charge in [-0.2, -0.15) is 0 Å². The zero-order valence-corrected chi connectivity index (χ0v) is 20.2. The SMILES string of the molecule is CCOC(CCNC(=NC)NCCC1CCN(CC)CC1)C1CCCC1.I. The first kappa shape index (κ1) is 25.0. The number of piperidine rings is 1. The molecule has 1 atom stereocenters. The predicted molar refractivity (Wildman–Crippen MR) is 126 cm³/mol. The van der Waals surface area contributed by atoms with Crippen LogP contribution in [0.2, 0.25) is 0 Å². The predicted octanol–water partition coefficient (Wildman–Crippen LogP) is 3.88. The summed E-state index contributed by atoms with van der Waals surface area (Å²) in [7, 11) is 1.87. The van der Waals surface area contributed by atoms with Crippen LogP contribution in [0.1, 0.15) is 65.2 Å². The fraction of sp³-hybridized carbons (Fsp3) is 0.952. The lowest BCUT2D eigenvalue weighted by atomic mass is 9.93. The minimum Gasteiger partial charge on any atom is -0.378 e. The van der Waals surface area contributed by atoms with E-state index >= 15 is 0 Å². The van der Waals surface area contributed by atoms with Crippen molar-refractivity contribution in [3.63, 3.8) is 0 Å². The monoisotopic (exact) mass is 494 g/mol. The van der Waals surface area contributed by atoms with Crippen molar-refractivity contribution in [2.24, 2.45) is 16.8 Å². The summed E-state index contributed by atoms with van der Waals surface area (Å²) in [5, 5.41) is 6.99. The lowest BCUT2D eigenvalue weighted by Crippen LogP contribution is -2.41. The molecular formula is C21H43IN4O. The van der Waals surface area contributed by atoms with Gasteiger partial charge in [-0.15, -0.1) is 24.0 Å². The molecule has 0 aromatic carbocycles. The molecule has 27 heavy (non-hydrogen) atoms. The smallest absolute Gasteiger partial charge is 0.190 e. The standard InChI is InChI=1S/C21H42N4O.HI/c1-4-25-16-12-18(13-17-25)10-14-23-21(22-3)24-15-11-20(26-5-2)19-8-6-7-9-19;/h18-20H,4-17H2,1-3H3,(H2,22,23,24);1H. The van der Waals surface area contributed by atoms with Crippen LogP contribution >= 0.6 is 24.0 Å². The molecule has 1 unspecified atom stereocenters. The van der Waals surface area contributed by atoms with E-state index in [4.69, 9.17) is 4.74 Å². The van der Waals surface area contributed by atoms with Crippen LogP contribution in [0.4, 0.5) is 0 Å². The van der Waals surface area contributed by atoms with Gasteiger partial charge in [-0.1, -0.05) is 19.8 Å². The van der Waals surface area contributed by atoms with Crippen LogP contribution in [0.3, 0.4) is 0 Å². The Morgan fingerprint density at radius 2 is 1.74 bits per heavy atom. The second-order valence-corrected chi connectivity index (χ2v) is 7.92. The molecule has 0 bridgehead atoms. The minimum absolute atomic E-state index is 0. The van der Waals surface area contributed by atoms with Gasteiger partial charge >= 0.3 is 0 Å². The highest BCUT2D eigenvalue weighted by atomic mass is 127. The van der Waals surface area contributed by atoms with Gasteiger partial charge in [0, 0.05) is 26.7 Å². The van der Waals surface area contributed by atoms with Crippen molar-refractivity contribution in [2.45, 2.75) is 71.3 Å². The van der Waals surface area contributed by atoms with Crippen LogP contribution in [-0.2, 0) is 4.74 Å². The highest BCUT2D eigenvalue weighted by Crippen LogP contribution is 2.30. The molecule has 2 rings (SSSR count). The minimum atomic E-state index is 0. The van der Waals surface area contributed by atoms with Crippen molar-refractivity contribution in [3.8, 4) is 0 Å². The number of halogens is 1. The molecule has 0 spiro atoms. The lowest BCUT2D eigenvalue weighted by Gasteiger charge is -2.31. The van der Waals surface area contributed by atoms with E-state index < -0.39 is 0 Å². The summed E-state index contributed by atoms with van der Waals surface area (Å²) < 4.78 is 6.02. The number of hydrogen-bond donors (Lipinski definition) is 2. The van der Waals surface area contributed by atoms with Crippen LogP contribution in [-0.4, -0.2) is 63.3 Å². The zero-order valence-electron chi connectivity index (χ0n) is 17.8. The van der Waals surface area contributed by atoms with Crippen LogP contribution < -0.4 is 10.6 Å². The second-order valence-electron chi connectivity index (χ2n) is 7.92. The van der Waals surface area contributed by atoms with E-state index in [0.29, 0.717) is 6.10 Å². The number of likely N-dealkylation sites (tertiary alicyclic amines) is 1. The number of ether oxygens (including phenoxy) is 1.